The Labute approximate surface area is 130 Å². The average Bonchev–Trinajstić information content (AvgIpc) is 2.76. The van der Waals surface area contributed by atoms with Crippen LogP contribution in [0.5, 0.6) is 0 Å². The molecule has 4 rings (SSSR count). The minimum absolute atomic E-state index is 0.00583. The Hall–Kier alpha value is -1.83. The highest BCUT2D eigenvalue weighted by Crippen LogP contribution is 2.65. The van der Waals surface area contributed by atoms with Gasteiger partial charge in [0.15, 0.2) is 0 Å². The Morgan fingerprint density at radius 1 is 1.32 bits per heavy atom. The molecule has 0 bridgehead atoms. The molecule has 3 heterocycles. The second-order valence-corrected chi connectivity index (χ2v) is 6.98. The first kappa shape index (κ1) is 13.8. The number of rotatable bonds is 3. The largest absolute Gasteiger partial charge is 0.355 e. The predicted octanol–water partition coefficient (Wildman–Crippen LogP) is 3.14. The molecule has 0 aromatic carbocycles. The van der Waals surface area contributed by atoms with E-state index in [4.69, 9.17) is 0 Å². The fraction of sp³-hybridized carbons (Fsp3) is 0.500. The zero-order valence-electron chi connectivity index (χ0n) is 12.2. The molecule has 116 valence electrons. The highest BCUT2D eigenvalue weighted by Gasteiger charge is 2.76. The van der Waals surface area contributed by atoms with Crippen molar-refractivity contribution in [1.29, 1.82) is 0 Å². The maximum atomic E-state index is 13.3. The summed E-state index contributed by atoms with van der Waals surface area (Å²) in [5, 5.41) is 3.97. The molecule has 1 N–H and O–H groups in total. The molecule has 0 amide bonds. The van der Waals surface area contributed by atoms with Gasteiger partial charge in [-0.2, -0.15) is 9.36 Å². The van der Waals surface area contributed by atoms with Gasteiger partial charge in [0.25, 0.3) is 5.92 Å². The molecule has 2 aromatic heterocycles. The molecule has 1 saturated carbocycles. The predicted molar refractivity (Wildman–Crippen MR) is 81.1 cm³/mol. The Bertz CT molecular complexity index is 739. The number of nitrogens with zero attached hydrogens (tertiary/aromatic N) is 4. The Kier molecular flexibility index (Phi) is 2.73. The summed E-state index contributed by atoms with van der Waals surface area (Å²) in [6, 6.07) is 1.91. The topological polar surface area (TPSA) is 53.9 Å². The molecular weight excluding hydrogens is 308 g/mol. The highest BCUT2D eigenvalue weighted by molar-refractivity contribution is 7.10. The molecule has 0 radical (unpaired) electrons. The number of aromatic nitrogens is 3. The van der Waals surface area contributed by atoms with Crippen molar-refractivity contribution in [3.8, 4) is 0 Å². The van der Waals surface area contributed by atoms with Gasteiger partial charge >= 0.3 is 0 Å². The zero-order chi connectivity index (χ0) is 15.5. The summed E-state index contributed by atoms with van der Waals surface area (Å²) in [6.07, 6.45) is 1.72. The molecule has 0 atom stereocenters. The fourth-order valence-electron chi connectivity index (χ4n) is 2.90. The number of alkyl halides is 2. The van der Waals surface area contributed by atoms with Gasteiger partial charge in [0.2, 0.25) is 5.95 Å². The van der Waals surface area contributed by atoms with Gasteiger partial charge in [0, 0.05) is 31.3 Å². The summed E-state index contributed by atoms with van der Waals surface area (Å²) in [6.45, 7) is 4.55. The van der Waals surface area contributed by atoms with Crippen LogP contribution in [0.1, 0.15) is 17.7 Å². The van der Waals surface area contributed by atoms with Gasteiger partial charge in [-0.05, 0) is 31.4 Å². The van der Waals surface area contributed by atoms with Crippen LogP contribution in [0.25, 0.3) is 0 Å². The lowest BCUT2D eigenvalue weighted by molar-refractivity contribution is 0.0518. The second-order valence-electron chi connectivity index (χ2n) is 6.18. The first-order valence-electron chi connectivity index (χ1n) is 7.05. The van der Waals surface area contributed by atoms with Crippen molar-refractivity contribution < 1.29 is 8.78 Å². The molecule has 0 unspecified atom stereocenters. The van der Waals surface area contributed by atoms with Crippen LogP contribution in [0, 0.1) is 19.3 Å². The maximum absolute atomic E-state index is 13.3. The Morgan fingerprint density at radius 2 is 2.05 bits per heavy atom. The normalized spacial score (nSPS) is 20.8. The number of anilines is 3. The quantitative estimate of drug-likeness (QED) is 0.940. The van der Waals surface area contributed by atoms with E-state index in [0.29, 0.717) is 19.0 Å². The lowest BCUT2D eigenvalue weighted by atomic mass is 9.95. The molecule has 2 aliphatic rings. The van der Waals surface area contributed by atoms with Crippen molar-refractivity contribution in [3.63, 3.8) is 0 Å². The molecule has 5 nitrogen and oxygen atoms in total. The van der Waals surface area contributed by atoms with Gasteiger partial charge in [0.1, 0.15) is 10.8 Å². The van der Waals surface area contributed by atoms with Crippen LogP contribution in [0.2, 0.25) is 0 Å². The average molecular weight is 323 g/mol. The van der Waals surface area contributed by atoms with Gasteiger partial charge in [-0.25, -0.2) is 13.8 Å². The van der Waals surface area contributed by atoms with E-state index in [0.717, 1.165) is 22.1 Å². The zero-order valence-corrected chi connectivity index (χ0v) is 13.0. The van der Waals surface area contributed by atoms with Gasteiger partial charge in [-0.3, -0.25) is 0 Å². The third-order valence-corrected chi connectivity index (χ3v) is 5.10. The summed E-state index contributed by atoms with van der Waals surface area (Å²) < 4.78 is 30.8. The van der Waals surface area contributed by atoms with E-state index in [9.17, 15) is 8.78 Å². The molecule has 1 aliphatic heterocycles. The maximum Gasteiger partial charge on any atom is 0.258 e. The van der Waals surface area contributed by atoms with Crippen molar-refractivity contribution >= 4 is 28.3 Å². The fourth-order valence-corrected chi connectivity index (χ4v) is 3.56. The van der Waals surface area contributed by atoms with E-state index in [1.54, 1.807) is 6.20 Å². The Morgan fingerprint density at radius 3 is 2.64 bits per heavy atom. The summed E-state index contributed by atoms with van der Waals surface area (Å²) in [4.78, 5) is 10.6. The van der Waals surface area contributed by atoms with Crippen molar-refractivity contribution in [1.82, 2.24) is 14.3 Å². The molecule has 1 saturated heterocycles. The first-order valence-corrected chi connectivity index (χ1v) is 7.83. The third kappa shape index (κ3) is 2.05. The minimum atomic E-state index is -2.49. The number of halogens is 2. The van der Waals surface area contributed by atoms with E-state index >= 15 is 0 Å². The second kappa shape index (κ2) is 4.34. The monoisotopic (exact) mass is 323 g/mol. The van der Waals surface area contributed by atoms with Gasteiger partial charge in [-0.15, -0.1) is 0 Å². The first-order chi connectivity index (χ1) is 10.4. The third-order valence-electron chi connectivity index (χ3n) is 4.31. The van der Waals surface area contributed by atoms with Crippen LogP contribution < -0.4 is 10.2 Å². The highest BCUT2D eigenvalue weighted by atomic mass is 32.1. The van der Waals surface area contributed by atoms with Crippen molar-refractivity contribution in [2.24, 2.45) is 5.41 Å². The smallest absolute Gasteiger partial charge is 0.258 e. The Balaban J connectivity index is 1.52. The molecule has 2 fully saturated rings. The molecule has 8 heteroatoms. The van der Waals surface area contributed by atoms with Gasteiger partial charge in [-0.1, -0.05) is 0 Å². The van der Waals surface area contributed by atoms with E-state index in [1.807, 2.05) is 24.8 Å². The lowest BCUT2D eigenvalue weighted by Gasteiger charge is -2.41. The summed E-state index contributed by atoms with van der Waals surface area (Å²) in [5.41, 5.74) is 1.03. The summed E-state index contributed by atoms with van der Waals surface area (Å²) >= 11 is 1.34. The lowest BCUT2D eigenvalue weighted by Crippen LogP contribution is -2.52. The van der Waals surface area contributed by atoms with Crippen molar-refractivity contribution in [2.75, 3.05) is 23.3 Å². The molecule has 2 aromatic rings. The van der Waals surface area contributed by atoms with Crippen molar-refractivity contribution in [2.45, 2.75) is 26.2 Å². The SMILES string of the molecule is Cc1cc(Nc2ncc(C)c(N3CC4(C3)CC4(F)F)n2)sn1. The number of nitrogens with one attached hydrogen (secondary N) is 1. The number of hydrogen-bond donors (Lipinski definition) is 1. The molecule has 22 heavy (non-hydrogen) atoms. The number of aryl methyl sites for hydroxylation is 2. The molecular formula is C14H15F2N5S. The summed E-state index contributed by atoms with van der Waals surface area (Å²) in [5.74, 6) is -1.30. The standard InChI is InChI=1S/C14H15F2N5S/c1-8-4-17-12(18-10-3-9(2)20-22-10)19-11(8)21-6-13(7-21)5-14(13,15)16/h3-4H,5-7H2,1-2H3,(H,17,18,19). The number of hydrogen-bond acceptors (Lipinski definition) is 6. The minimum Gasteiger partial charge on any atom is -0.355 e. The molecule has 1 spiro atoms. The van der Waals surface area contributed by atoms with E-state index in [2.05, 4.69) is 19.7 Å². The van der Waals surface area contributed by atoms with Gasteiger partial charge < -0.3 is 10.2 Å². The van der Waals surface area contributed by atoms with Crippen LogP contribution in [0.3, 0.4) is 0 Å². The van der Waals surface area contributed by atoms with Crippen LogP contribution in [0.15, 0.2) is 12.3 Å². The van der Waals surface area contributed by atoms with Crippen LogP contribution in [-0.4, -0.2) is 33.4 Å². The summed E-state index contributed by atoms with van der Waals surface area (Å²) in [7, 11) is 0. The van der Waals surface area contributed by atoms with Gasteiger partial charge in [0.05, 0.1) is 11.1 Å². The van der Waals surface area contributed by atoms with Crippen LogP contribution >= 0.6 is 11.5 Å². The van der Waals surface area contributed by atoms with Crippen LogP contribution in [0.4, 0.5) is 25.5 Å². The van der Waals surface area contributed by atoms with E-state index < -0.39 is 11.3 Å². The van der Waals surface area contributed by atoms with E-state index in [1.165, 1.54) is 11.5 Å². The van der Waals surface area contributed by atoms with Crippen LogP contribution in [-0.2, 0) is 0 Å². The molecule has 1 aliphatic carbocycles. The van der Waals surface area contributed by atoms with E-state index in [-0.39, 0.29) is 6.42 Å². The van der Waals surface area contributed by atoms with Crippen molar-refractivity contribution in [3.05, 3.63) is 23.5 Å².